The van der Waals surface area contributed by atoms with Gasteiger partial charge in [0.2, 0.25) is 5.91 Å². The molecule has 1 unspecified atom stereocenters. The van der Waals surface area contributed by atoms with Crippen LogP contribution < -0.4 is 10.6 Å². The highest BCUT2D eigenvalue weighted by molar-refractivity contribution is 7.10. The summed E-state index contributed by atoms with van der Waals surface area (Å²) < 4.78 is 9.66. The van der Waals surface area contributed by atoms with Crippen molar-refractivity contribution in [2.45, 2.75) is 25.3 Å². The van der Waals surface area contributed by atoms with Gasteiger partial charge in [0.25, 0.3) is 5.91 Å². The van der Waals surface area contributed by atoms with Gasteiger partial charge in [-0.05, 0) is 30.0 Å². The number of methoxy groups -OCH3 is 1. The standard InChI is InChI=1S/C17H20N2O5S/c1-23-16(21)11-12(14-6-4-10-25-14)19-15(20)7-2-8-18-17(22)13-5-3-9-24-13/h3-6,9-10,12H,2,7-8,11H2,1H3,(H,18,22)(H,19,20). The average molecular weight is 364 g/mol. The van der Waals surface area contributed by atoms with Crippen LogP contribution in [0, 0.1) is 0 Å². The quantitative estimate of drug-likeness (QED) is 0.525. The molecule has 2 rings (SSSR count). The van der Waals surface area contributed by atoms with Gasteiger partial charge in [-0.3, -0.25) is 14.4 Å². The largest absolute Gasteiger partial charge is 0.469 e. The van der Waals surface area contributed by atoms with Gasteiger partial charge in [0, 0.05) is 17.8 Å². The summed E-state index contributed by atoms with van der Waals surface area (Å²) in [6, 6.07) is 6.52. The van der Waals surface area contributed by atoms with Crippen LogP contribution in [0.2, 0.25) is 0 Å². The van der Waals surface area contributed by atoms with Crippen LogP contribution in [0.4, 0.5) is 0 Å². The van der Waals surface area contributed by atoms with Crippen molar-refractivity contribution < 1.29 is 23.5 Å². The fourth-order valence-electron chi connectivity index (χ4n) is 2.17. The molecule has 134 valence electrons. The van der Waals surface area contributed by atoms with E-state index in [4.69, 9.17) is 4.42 Å². The van der Waals surface area contributed by atoms with E-state index in [1.165, 1.54) is 24.7 Å². The number of esters is 1. The van der Waals surface area contributed by atoms with Crippen LogP contribution in [0.25, 0.3) is 0 Å². The van der Waals surface area contributed by atoms with Gasteiger partial charge in [0.1, 0.15) is 0 Å². The van der Waals surface area contributed by atoms with Gasteiger partial charge in [-0.1, -0.05) is 6.07 Å². The smallest absolute Gasteiger partial charge is 0.307 e. The Labute approximate surface area is 149 Å². The molecule has 0 fully saturated rings. The summed E-state index contributed by atoms with van der Waals surface area (Å²) in [4.78, 5) is 36.2. The summed E-state index contributed by atoms with van der Waals surface area (Å²) in [5.41, 5.74) is 0. The Hall–Kier alpha value is -2.61. The van der Waals surface area contributed by atoms with Crippen LogP contribution in [0.3, 0.4) is 0 Å². The van der Waals surface area contributed by atoms with Gasteiger partial charge < -0.3 is 19.8 Å². The van der Waals surface area contributed by atoms with E-state index in [1.54, 1.807) is 12.1 Å². The van der Waals surface area contributed by atoms with Gasteiger partial charge in [-0.15, -0.1) is 11.3 Å². The number of ether oxygens (including phenoxy) is 1. The fraction of sp³-hybridized carbons (Fsp3) is 0.353. The van der Waals surface area contributed by atoms with E-state index in [0.29, 0.717) is 13.0 Å². The summed E-state index contributed by atoms with van der Waals surface area (Å²) in [7, 11) is 1.32. The first kappa shape index (κ1) is 18.7. The Kier molecular flexibility index (Phi) is 7.21. The van der Waals surface area contributed by atoms with E-state index in [0.717, 1.165) is 4.88 Å². The number of furan rings is 1. The number of hydrogen-bond donors (Lipinski definition) is 2. The highest BCUT2D eigenvalue weighted by atomic mass is 32.1. The molecule has 0 aliphatic heterocycles. The highest BCUT2D eigenvalue weighted by Crippen LogP contribution is 2.22. The summed E-state index contributed by atoms with van der Waals surface area (Å²) >= 11 is 1.47. The lowest BCUT2D eigenvalue weighted by Gasteiger charge is -2.16. The van der Waals surface area contributed by atoms with Crippen molar-refractivity contribution in [1.29, 1.82) is 0 Å². The third-order valence-electron chi connectivity index (χ3n) is 3.43. The molecule has 0 aliphatic rings. The van der Waals surface area contributed by atoms with Gasteiger partial charge in [-0.2, -0.15) is 0 Å². The van der Waals surface area contributed by atoms with Crippen LogP contribution in [-0.2, 0) is 14.3 Å². The van der Waals surface area contributed by atoms with Crippen molar-refractivity contribution in [3.05, 3.63) is 46.5 Å². The number of thiophene rings is 1. The molecule has 1 atom stereocenters. The molecule has 2 heterocycles. The fourth-order valence-corrected chi connectivity index (χ4v) is 2.95. The van der Waals surface area contributed by atoms with Crippen molar-refractivity contribution in [3.8, 4) is 0 Å². The number of rotatable bonds is 9. The number of carbonyl (C=O) groups is 3. The minimum atomic E-state index is -0.405. The normalized spacial score (nSPS) is 11.6. The van der Waals surface area contributed by atoms with Crippen molar-refractivity contribution >= 4 is 29.1 Å². The molecule has 0 saturated heterocycles. The molecule has 0 radical (unpaired) electrons. The van der Waals surface area contributed by atoms with Crippen molar-refractivity contribution in [1.82, 2.24) is 10.6 Å². The molecule has 2 amide bonds. The summed E-state index contributed by atoms with van der Waals surface area (Å²) in [5.74, 6) is -0.646. The third-order valence-corrected chi connectivity index (χ3v) is 4.42. The molecule has 2 aromatic rings. The SMILES string of the molecule is COC(=O)CC(NC(=O)CCCNC(=O)c1ccco1)c1cccs1. The molecule has 8 heteroatoms. The van der Waals surface area contributed by atoms with Gasteiger partial charge in [-0.25, -0.2) is 0 Å². The van der Waals surface area contributed by atoms with Crippen LogP contribution in [0.5, 0.6) is 0 Å². The van der Waals surface area contributed by atoms with E-state index in [2.05, 4.69) is 15.4 Å². The monoisotopic (exact) mass is 364 g/mol. The maximum Gasteiger partial charge on any atom is 0.307 e. The molecule has 0 aromatic carbocycles. The Balaban J connectivity index is 1.75. The number of amides is 2. The zero-order chi connectivity index (χ0) is 18.1. The molecule has 2 aromatic heterocycles. The number of nitrogens with one attached hydrogen (secondary N) is 2. The van der Waals surface area contributed by atoms with Crippen LogP contribution in [0.15, 0.2) is 40.3 Å². The summed E-state index contributed by atoms with van der Waals surface area (Å²) in [6.07, 6.45) is 2.22. The zero-order valence-electron chi connectivity index (χ0n) is 13.8. The second-order valence-corrected chi connectivity index (χ2v) is 6.23. The van der Waals surface area contributed by atoms with Crippen molar-refractivity contribution in [3.63, 3.8) is 0 Å². The molecule has 2 N–H and O–H groups in total. The number of hydrogen-bond acceptors (Lipinski definition) is 6. The molecule has 7 nitrogen and oxygen atoms in total. The number of carbonyl (C=O) groups excluding carboxylic acids is 3. The van der Waals surface area contributed by atoms with E-state index >= 15 is 0 Å². The topological polar surface area (TPSA) is 97.6 Å². The first-order valence-electron chi connectivity index (χ1n) is 7.81. The minimum Gasteiger partial charge on any atom is -0.469 e. The maximum atomic E-state index is 12.1. The van der Waals surface area contributed by atoms with Gasteiger partial charge in [0.15, 0.2) is 5.76 Å². The minimum absolute atomic E-state index is 0.0813. The van der Waals surface area contributed by atoms with E-state index in [9.17, 15) is 14.4 Å². The van der Waals surface area contributed by atoms with Crippen LogP contribution >= 0.6 is 11.3 Å². The van der Waals surface area contributed by atoms with Crippen LogP contribution in [0.1, 0.15) is 40.7 Å². The lowest BCUT2D eigenvalue weighted by atomic mass is 10.1. The van der Waals surface area contributed by atoms with Gasteiger partial charge in [0.05, 0.1) is 25.8 Å². The second kappa shape index (κ2) is 9.63. The zero-order valence-corrected chi connectivity index (χ0v) is 14.6. The van der Waals surface area contributed by atoms with E-state index in [-0.39, 0.29) is 36.4 Å². The predicted molar refractivity (Wildman–Crippen MR) is 92.1 cm³/mol. The molecule has 0 bridgehead atoms. The first-order chi connectivity index (χ1) is 12.1. The van der Waals surface area contributed by atoms with Crippen molar-refractivity contribution in [2.75, 3.05) is 13.7 Å². The highest BCUT2D eigenvalue weighted by Gasteiger charge is 2.19. The second-order valence-electron chi connectivity index (χ2n) is 5.25. The molecule has 25 heavy (non-hydrogen) atoms. The summed E-state index contributed by atoms with van der Waals surface area (Å²) in [6.45, 7) is 0.355. The Morgan fingerprint density at radius 3 is 2.76 bits per heavy atom. The lowest BCUT2D eigenvalue weighted by Crippen LogP contribution is -2.31. The predicted octanol–water partition coefficient (Wildman–Crippen LogP) is 2.27. The maximum absolute atomic E-state index is 12.1. The lowest BCUT2D eigenvalue weighted by molar-refractivity contribution is -0.141. The molecular formula is C17H20N2O5S. The Morgan fingerprint density at radius 1 is 1.28 bits per heavy atom. The van der Waals surface area contributed by atoms with E-state index < -0.39 is 6.04 Å². The first-order valence-corrected chi connectivity index (χ1v) is 8.69. The molecule has 0 saturated carbocycles. The third kappa shape index (κ3) is 6.07. The molecular weight excluding hydrogens is 344 g/mol. The molecule has 0 aliphatic carbocycles. The van der Waals surface area contributed by atoms with E-state index in [1.807, 2.05) is 17.5 Å². The van der Waals surface area contributed by atoms with Crippen molar-refractivity contribution in [2.24, 2.45) is 0 Å². The van der Waals surface area contributed by atoms with Gasteiger partial charge >= 0.3 is 5.97 Å². The summed E-state index contributed by atoms with van der Waals surface area (Å²) in [5, 5.41) is 7.40. The van der Waals surface area contributed by atoms with Crippen LogP contribution in [-0.4, -0.2) is 31.4 Å². The Bertz CT molecular complexity index is 682. The Morgan fingerprint density at radius 2 is 2.12 bits per heavy atom. The average Bonchev–Trinajstić information content (AvgIpc) is 3.31. The molecule has 0 spiro atoms.